The Kier molecular flexibility index (Phi) is 6.97. The fourth-order valence-corrected chi connectivity index (χ4v) is 2.56. The first-order chi connectivity index (χ1) is 14.2. The van der Waals surface area contributed by atoms with Crippen LogP contribution in [0.2, 0.25) is 0 Å². The van der Waals surface area contributed by atoms with Crippen LogP contribution in [0.1, 0.15) is 0 Å². The summed E-state index contributed by atoms with van der Waals surface area (Å²) in [5.74, 6) is 1.46. The van der Waals surface area contributed by atoms with Crippen LogP contribution in [-0.4, -0.2) is 23.1 Å². The van der Waals surface area contributed by atoms with Gasteiger partial charge < -0.3 is 21.2 Å². The van der Waals surface area contributed by atoms with Crippen molar-refractivity contribution in [3.05, 3.63) is 90.8 Å². The lowest BCUT2D eigenvalue weighted by atomic mass is 10.2. The molecule has 1 heterocycles. The average Bonchev–Trinajstić information content (AvgIpc) is 3.20. The molecule has 0 atom stereocenters. The van der Waals surface area contributed by atoms with Crippen molar-refractivity contribution < 1.29 is 9.13 Å². The lowest BCUT2D eigenvalue weighted by Gasteiger charge is -2.07. The number of benzene rings is 3. The van der Waals surface area contributed by atoms with Crippen LogP contribution in [0.3, 0.4) is 0 Å². The van der Waals surface area contributed by atoms with Crippen molar-refractivity contribution in [1.29, 1.82) is 0 Å². The summed E-state index contributed by atoms with van der Waals surface area (Å²) >= 11 is 0. The molecule has 4 aromatic rings. The second kappa shape index (κ2) is 10.1. The number of H-pyrrole nitrogens is 1. The Balaban J connectivity index is 0.000000290. The van der Waals surface area contributed by atoms with E-state index in [2.05, 4.69) is 9.97 Å². The average molecular weight is 390 g/mol. The molecule has 0 saturated carbocycles. The van der Waals surface area contributed by atoms with Gasteiger partial charge in [0.25, 0.3) is 0 Å². The fourth-order valence-electron chi connectivity index (χ4n) is 2.56. The van der Waals surface area contributed by atoms with E-state index in [9.17, 15) is 4.39 Å². The Morgan fingerprint density at radius 2 is 1.66 bits per heavy atom. The van der Waals surface area contributed by atoms with Crippen LogP contribution < -0.4 is 16.2 Å². The Bertz CT molecular complexity index is 1030. The molecule has 0 bridgehead atoms. The van der Waals surface area contributed by atoms with Gasteiger partial charge in [-0.15, -0.1) is 0 Å². The normalized spacial score (nSPS) is 11.0. The molecular weight excluding hydrogens is 367 g/mol. The topological polar surface area (TPSA) is 90.0 Å². The van der Waals surface area contributed by atoms with Crippen molar-refractivity contribution in [3.8, 4) is 17.1 Å². The van der Waals surface area contributed by atoms with Crippen molar-refractivity contribution in [2.75, 3.05) is 18.9 Å². The maximum atomic E-state index is 12.4. The summed E-state index contributed by atoms with van der Waals surface area (Å²) in [5, 5.41) is 0. The fraction of sp³-hybridized carbons (Fsp3) is 0.0870. The van der Waals surface area contributed by atoms with Gasteiger partial charge in [0.1, 0.15) is 18.2 Å². The number of nitrogens with two attached hydrogens (primary N) is 2. The van der Waals surface area contributed by atoms with Crippen LogP contribution in [0.15, 0.2) is 90.8 Å². The Hall–Kier alpha value is -3.64. The maximum absolute atomic E-state index is 12.4. The van der Waals surface area contributed by atoms with Crippen molar-refractivity contribution in [3.63, 3.8) is 0 Å². The molecule has 0 spiro atoms. The molecular formula is C23H23FN4O. The quantitative estimate of drug-likeness (QED) is 0.431. The number of hydrogen-bond acceptors (Lipinski definition) is 4. The van der Waals surface area contributed by atoms with Gasteiger partial charge in [-0.3, -0.25) is 0 Å². The van der Waals surface area contributed by atoms with Crippen LogP contribution in [0, 0.1) is 0 Å². The summed E-state index contributed by atoms with van der Waals surface area (Å²) in [7, 11) is 0. The first-order valence-electron chi connectivity index (χ1n) is 9.16. The molecule has 0 amide bonds. The Morgan fingerprint density at radius 1 is 0.966 bits per heavy atom. The molecule has 0 aliphatic carbocycles. The van der Waals surface area contributed by atoms with Gasteiger partial charge in [-0.05, 0) is 48.5 Å². The van der Waals surface area contributed by atoms with Crippen molar-refractivity contribution >= 4 is 16.7 Å². The zero-order valence-corrected chi connectivity index (χ0v) is 15.9. The number of nitrogens with one attached hydrogen (secondary N) is 1. The summed E-state index contributed by atoms with van der Waals surface area (Å²) in [5.41, 5.74) is 14.9. The summed E-state index contributed by atoms with van der Waals surface area (Å²) in [4.78, 5) is 7.81. The van der Waals surface area contributed by atoms with Gasteiger partial charge in [-0.1, -0.05) is 30.3 Å². The standard InChI is InChI=1S/C17H16FN3O.C6H7N/c18-9-12(10-19)11-22-14-7-5-13(6-8-14)17-20-15-3-1-2-4-16(15)21-17;7-6-4-2-1-3-5-6/h1-9H,10-11,19H2,(H,20,21);1-5H,7H2/b12-9+;. The van der Waals surface area contributed by atoms with Gasteiger partial charge in [-0.2, -0.15) is 0 Å². The largest absolute Gasteiger partial charge is 0.489 e. The van der Waals surface area contributed by atoms with Crippen LogP contribution in [0.5, 0.6) is 5.75 Å². The number of para-hydroxylation sites is 3. The summed E-state index contributed by atoms with van der Waals surface area (Å²) in [6.45, 7) is 0.296. The molecule has 5 N–H and O–H groups in total. The van der Waals surface area contributed by atoms with Gasteiger partial charge in [0.15, 0.2) is 0 Å². The maximum Gasteiger partial charge on any atom is 0.138 e. The number of ether oxygens (including phenoxy) is 1. The van der Waals surface area contributed by atoms with E-state index in [1.807, 2.05) is 78.9 Å². The first-order valence-corrected chi connectivity index (χ1v) is 9.16. The number of aromatic nitrogens is 2. The number of fused-ring (bicyclic) bond motifs is 1. The van der Waals surface area contributed by atoms with E-state index in [0.717, 1.165) is 28.1 Å². The van der Waals surface area contributed by atoms with Crippen LogP contribution in [0.25, 0.3) is 22.4 Å². The van der Waals surface area contributed by atoms with Crippen molar-refractivity contribution in [2.45, 2.75) is 0 Å². The smallest absolute Gasteiger partial charge is 0.138 e. The number of halogens is 1. The van der Waals surface area contributed by atoms with Gasteiger partial charge in [0.2, 0.25) is 0 Å². The third-order valence-electron chi connectivity index (χ3n) is 4.16. The van der Waals surface area contributed by atoms with Gasteiger partial charge in [0, 0.05) is 23.4 Å². The number of aromatic amines is 1. The van der Waals surface area contributed by atoms with Crippen LogP contribution in [0.4, 0.5) is 10.1 Å². The minimum absolute atomic E-state index is 0.146. The number of anilines is 1. The predicted octanol–water partition coefficient (Wildman–Crippen LogP) is 4.69. The third kappa shape index (κ3) is 5.67. The van der Waals surface area contributed by atoms with E-state index in [0.29, 0.717) is 17.7 Å². The summed E-state index contributed by atoms with van der Waals surface area (Å²) in [6, 6.07) is 24.8. The molecule has 5 nitrogen and oxygen atoms in total. The first kappa shape index (κ1) is 20.1. The monoisotopic (exact) mass is 390 g/mol. The zero-order valence-electron chi connectivity index (χ0n) is 15.9. The molecule has 6 heteroatoms. The second-order valence-corrected chi connectivity index (χ2v) is 6.30. The van der Waals surface area contributed by atoms with Crippen LogP contribution in [-0.2, 0) is 0 Å². The van der Waals surface area contributed by atoms with Gasteiger partial charge >= 0.3 is 0 Å². The number of rotatable bonds is 5. The Labute approximate surface area is 168 Å². The minimum Gasteiger partial charge on any atom is -0.489 e. The van der Waals surface area contributed by atoms with E-state index in [1.165, 1.54) is 0 Å². The highest BCUT2D eigenvalue weighted by Gasteiger charge is 2.05. The lowest BCUT2D eigenvalue weighted by Crippen LogP contribution is -2.10. The minimum atomic E-state index is 0.146. The molecule has 148 valence electrons. The predicted molar refractivity (Wildman–Crippen MR) is 116 cm³/mol. The second-order valence-electron chi connectivity index (χ2n) is 6.30. The number of nitrogens with zero attached hydrogens (tertiary/aromatic N) is 1. The molecule has 1 aromatic heterocycles. The van der Waals surface area contributed by atoms with E-state index in [1.54, 1.807) is 0 Å². The van der Waals surface area contributed by atoms with Gasteiger partial charge in [0.05, 0.1) is 17.4 Å². The van der Waals surface area contributed by atoms with E-state index in [4.69, 9.17) is 16.2 Å². The molecule has 3 aromatic carbocycles. The molecule has 29 heavy (non-hydrogen) atoms. The van der Waals surface area contributed by atoms with Crippen molar-refractivity contribution in [1.82, 2.24) is 9.97 Å². The zero-order chi connectivity index (χ0) is 20.5. The van der Waals surface area contributed by atoms with Crippen LogP contribution >= 0.6 is 0 Å². The van der Waals surface area contributed by atoms with Crippen molar-refractivity contribution in [2.24, 2.45) is 5.73 Å². The van der Waals surface area contributed by atoms with E-state index < -0.39 is 0 Å². The summed E-state index contributed by atoms with van der Waals surface area (Å²) in [6.07, 6.45) is 0.489. The molecule has 4 rings (SSSR count). The molecule has 0 saturated heterocycles. The third-order valence-corrected chi connectivity index (χ3v) is 4.16. The molecule has 0 unspecified atom stereocenters. The molecule has 0 radical (unpaired) electrons. The lowest BCUT2D eigenvalue weighted by molar-refractivity contribution is 0.347. The SMILES string of the molecule is NC/C(=C\F)COc1ccc(-c2nc3ccccc3[nH]2)cc1.Nc1ccccc1. The highest BCUT2D eigenvalue weighted by Crippen LogP contribution is 2.23. The van der Waals surface area contributed by atoms with Gasteiger partial charge in [-0.25, -0.2) is 9.37 Å². The number of imidazole rings is 1. The molecule has 0 aliphatic heterocycles. The Morgan fingerprint density at radius 3 is 2.24 bits per heavy atom. The highest BCUT2D eigenvalue weighted by atomic mass is 19.1. The highest BCUT2D eigenvalue weighted by molar-refractivity contribution is 5.79. The van der Waals surface area contributed by atoms with E-state index in [-0.39, 0.29) is 13.2 Å². The van der Waals surface area contributed by atoms with E-state index >= 15 is 0 Å². The number of nitrogen functional groups attached to an aromatic ring is 1. The number of hydrogen-bond donors (Lipinski definition) is 3. The summed E-state index contributed by atoms with van der Waals surface area (Å²) < 4.78 is 17.9. The molecule has 0 fully saturated rings. The molecule has 0 aliphatic rings.